The van der Waals surface area contributed by atoms with Crippen LogP contribution in [0.5, 0.6) is 0 Å². The highest BCUT2D eigenvalue weighted by atomic mass is 16.2. The van der Waals surface area contributed by atoms with Crippen LogP contribution in [0.15, 0.2) is 35.9 Å². The third-order valence-corrected chi connectivity index (χ3v) is 2.70. The quantitative estimate of drug-likeness (QED) is 0.822. The lowest BCUT2D eigenvalue weighted by Crippen LogP contribution is -2.26. The highest BCUT2D eigenvalue weighted by molar-refractivity contribution is 5.81. The largest absolute Gasteiger partial charge is 0.352 e. The number of hydrogen-bond acceptors (Lipinski definition) is 1. The van der Waals surface area contributed by atoms with Crippen LogP contribution in [0.4, 0.5) is 0 Å². The normalized spacial score (nSPS) is 15.9. The zero-order valence-corrected chi connectivity index (χ0v) is 9.57. The van der Waals surface area contributed by atoms with Gasteiger partial charge < -0.3 is 5.32 Å². The van der Waals surface area contributed by atoms with Crippen LogP contribution in [-0.2, 0) is 4.79 Å². The topological polar surface area (TPSA) is 29.1 Å². The summed E-state index contributed by atoms with van der Waals surface area (Å²) in [6.45, 7) is 2.70. The Balaban J connectivity index is 1.85. The molecule has 2 heteroatoms. The molecule has 1 saturated carbocycles. The zero-order valence-electron chi connectivity index (χ0n) is 9.57. The van der Waals surface area contributed by atoms with E-state index < -0.39 is 0 Å². The molecule has 1 amide bonds. The number of carbonyl (C=O) groups excluding carboxylic acids is 1. The molecule has 1 aliphatic rings. The van der Waals surface area contributed by atoms with Gasteiger partial charge in [-0.25, -0.2) is 0 Å². The van der Waals surface area contributed by atoms with Crippen LogP contribution in [0.2, 0.25) is 0 Å². The van der Waals surface area contributed by atoms with Gasteiger partial charge in [0.1, 0.15) is 0 Å². The second-order valence-electron chi connectivity index (χ2n) is 4.39. The van der Waals surface area contributed by atoms with E-state index >= 15 is 0 Å². The summed E-state index contributed by atoms with van der Waals surface area (Å²) >= 11 is 0. The Morgan fingerprint density at radius 1 is 1.38 bits per heavy atom. The van der Waals surface area contributed by atoms with Crippen molar-refractivity contribution in [3.63, 3.8) is 0 Å². The summed E-state index contributed by atoms with van der Waals surface area (Å²) in [5.74, 6) is 0.505. The van der Waals surface area contributed by atoms with E-state index in [9.17, 15) is 4.79 Å². The second-order valence-corrected chi connectivity index (χ2v) is 4.39. The van der Waals surface area contributed by atoms with Gasteiger partial charge >= 0.3 is 0 Å². The van der Waals surface area contributed by atoms with Crippen molar-refractivity contribution < 1.29 is 4.79 Å². The average Bonchev–Trinajstić information content (AvgIpc) is 3.11. The number of carbonyl (C=O) groups is 1. The summed E-state index contributed by atoms with van der Waals surface area (Å²) in [4.78, 5) is 11.4. The molecule has 0 aromatic heterocycles. The zero-order chi connectivity index (χ0) is 11.4. The van der Waals surface area contributed by atoms with E-state index in [1.54, 1.807) is 0 Å². The van der Waals surface area contributed by atoms with Crippen molar-refractivity contribution in [2.24, 2.45) is 5.92 Å². The molecule has 0 bridgehead atoms. The smallest absolute Gasteiger partial charge is 0.223 e. The second kappa shape index (κ2) is 4.97. The molecule has 1 aromatic rings. The summed E-state index contributed by atoms with van der Waals surface area (Å²) in [6.07, 6.45) is 4.23. The van der Waals surface area contributed by atoms with E-state index in [4.69, 9.17) is 0 Å². The molecular weight excluding hydrogens is 198 g/mol. The molecule has 0 saturated heterocycles. The fraction of sp³-hybridized carbons (Fsp3) is 0.357. The molecule has 2 rings (SSSR count). The fourth-order valence-electron chi connectivity index (χ4n) is 1.60. The monoisotopic (exact) mass is 215 g/mol. The van der Waals surface area contributed by atoms with Crippen molar-refractivity contribution in [1.82, 2.24) is 5.32 Å². The standard InChI is InChI=1S/C14H17NO/c1-11(9-12-5-3-2-4-6-12)10-15-14(16)13-7-8-13/h2-6,9,13H,7-8,10H2,1H3,(H,15,16)/b11-9+. The van der Waals surface area contributed by atoms with Gasteiger partial charge in [0.25, 0.3) is 0 Å². The number of hydrogen-bond donors (Lipinski definition) is 1. The van der Waals surface area contributed by atoms with Gasteiger partial charge in [0.2, 0.25) is 5.91 Å². The first-order chi connectivity index (χ1) is 7.75. The van der Waals surface area contributed by atoms with Gasteiger partial charge in [-0.3, -0.25) is 4.79 Å². The van der Waals surface area contributed by atoms with Gasteiger partial charge in [0.05, 0.1) is 0 Å². The summed E-state index contributed by atoms with van der Waals surface area (Å²) < 4.78 is 0. The third kappa shape index (κ3) is 3.23. The molecule has 0 radical (unpaired) electrons. The van der Waals surface area contributed by atoms with Gasteiger partial charge in [0.15, 0.2) is 0 Å². The summed E-state index contributed by atoms with van der Waals surface area (Å²) in [7, 11) is 0. The molecule has 1 N–H and O–H groups in total. The molecule has 1 aromatic carbocycles. The number of benzene rings is 1. The Bertz CT molecular complexity index is 390. The molecule has 0 heterocycles. The SMILES string of the molecule is C/C(=C\c1ccccc1)CNC(=O)C1CC1. The van der Waals surface area contributed by atoms with Gasteiger partial charge in [-0.2, -0.15) is 0 Å². The molecule has 0 unspecified atom stereocenters. The maximum atomic E-state index is 11.4. The molecule has 2 nitrogen and oxygen atoms in total. The molecule has 84 valence electrons. The van der Waals surface area contributed by atoms with Crippen LogP contribution in [-0.4, -0.2) is 12.5 Å². The van der Waals surface area contributed by atoms with Crippen molar-refractivity contribution in [3.05, 3.63) is 41.5 Å². The van der Waals surface area contributed by atoms with E-state index in [0.29, 0.717) is 12.5 Å². The molecule has 1 aliphatic carbocycles. The lowest BCUT2D eigenvalue weighted by molar-refractivity contribution is -0.122. The van der Waals surface area contributed by atoms with E-state index in [0.717, 1.165) is 12.8 Å². The van der Waals surface area contributed by atoms with E-state index in [1.165, 1.54) is 11.1 Å². The maximum Gasteiger partial charge on any atom is 0.223 e. The first-order valence-electron chi connectivity index (χ1n) is 5.75. The third-order valence-electron chi connectivity index (χ3n) is 2.70. The fourth-order valence-corrected chi connectivity index (χ4v) is 1.60. The minimum atomic E-state index is 0.209. The first-order valence-corrected chi connectivity index (χ1v) is 5.75. The lowest BCUT2D eigenvalue weighted by Gasteiger charge is -2.04. The lowest BCUT2D eigenvalue weighted by atomic mass is 10.1. The van der Waals surface area contributed by atoms with Crippen molar-refractivity contribution in [3.8, 4) is 0 Å². The van der Waals surface area contributed by atoms with E-state index in [-0.39, 0.29) is 5.91 Å². The summed E-state index contributed by atoms with van der Waals surface area (Å²) in [5.41, 5.74) is 2.36. The minimum Gasteiger partial charge on any atom is -0.352 e. The summed E-state index contributed by atoms with van der Waals surface area (Å²) in [6, 6.07) is 10.2. The van der Waals surface area contributed by atoms with Gasteiger partial charge in [0, 0.05) is 12.5 Å². The van der Waals surface area contributed by atoms with Gasteiger partial charge in [-0.1, -0.05) is 42.0 Å². The molecule has 0 spiro atoms. The van der Waals surface area contributed by atoms with E-state index in [1.807, 2.05) is 25.1 Å². The molecule has 16 heavy (non-hydrogen) atoms. The number of amides is 1. The minimum absolute atomic E-state index is 0.209. The van der Waals surface area contributed by atoms with Crippen LogP contribution in [0.3, 0.4) is 0 Å². The van der Waals surface area contributed by atoms with Crippen LogP contribution < -0.4 is 5.32 Å². The van der Waals surface area contributed by atoms with Crippen molar-refractivity contribution in [2.45, 2.75) is 19.8 Å². The number of rotatable bonds is 4. The molecular formula is C14H17NO. The van der Waals surface area contributed by atoms with Crippen LogP contribution >= 0.6 is 0 Å². The Morgan fingerprint density at radius 3 is 2.69 bits per heavy atom. The molecule has 0 atom stereocenters. The first kappa shape index (κ1) is 10.9. The highest BCUT2D eigenvalue weighted by Crippen LogP contribution is 2.28. The van der Waals surface area contributed by atoms with E-state index in [2.05, 4.69) is 23.5 Å². The Labute approximate surface area is 96.4 Å². The van der Waals surface area contributed by atoms with Crippen LogP contribution in [0.25, 0.3) is 6.08 Å². The molecule has 1 fully saturated rings. The Kier molecular flexibility index (Phi) is 3.40. The predicted molar refractivity (Wildman–Crippen MR) is 65.8 cm³/mol. The summed E-state index contributed by atoms with van der Waals surface area (Å²) in [5, 5.41) is 2.96. The van der Waals surface area contributed by atoms with Crippen LogP contribution in [0, 0.1) is 5.92 Å². The number of nitrogens with one attached hydrogen (secondary N) is 1. The highest BCUT2D eigenvalue weighted by Gasteiger charge is 2.28. The van der Waals surface area contributed by atoms with Crippen LogP contribution in [0.1, 0.15) is 25.3 Å². The average molecular weight is 215 g/mol. The Hall–Kier alpha value is -1.57. The predicted octanol–water partition coefficient (Wildman–Crippen LogP) is 2.62. The molecule has 0 aliphatic heterocycles. The Morgan fingerprint density at radius 2 is 2.06 bits per heavy atom. The van der Waals surface area contributed by atoms with Gasteiger partial charge in [-0.15, -0.1) is 0 Å². The maximum absolute atomic E-state index is 11.4. The van der Waals surface area contributed by atoms with Crippen molar-refractivity contribution in [1.29, 1.82) is 0 Å². The van der Waals surface area contributed by atoms with Crippen molar-refractivity contribution in [2.75, 3.05) is 6.54 Å². The van der Waals surface area contributed by atoms with Gasteiger partial charge in [-0.05, 0) is 25.3 Å². The van der Waals surface area contributed by atoms with Crippen molar-refractivity contribution >= 4 is 12.0 Å².